The molecule has 0 aliphatic carbocycles. The number of hydrogen-bond acceptors (Lipinski definition) is 4. The fraction of sp³-hybridized carbons (Fsp3) is 0.167. The Morgan fingerprint density at radius 2 is 1.83 bits per heavy atom. The minimum atomic E-state index is -0.397. The molecule has 1 aliphatic rings. The monoisotopic (exact) mass is 324 g/mol. The van der Waals surface area contributed by atoms with Gasteiger partial charge in [-0.3, -0.25) is 9.59 Å². The highest BCUT2D eigenvalue weighted by atomic mass is 16.5. The summed E-state index contributed by atoms with van der Waals surface area (Å²) in [4.78, 5) is 35.3. The van der Waals surface area contributed by atoms with Crippen LogP contribution in [0.15, 0.2) is 42.5 Å². The van der Waals surface area contributed by atoms with Gasteiger partial charge in [-0.2, -0.15) is 0 Å². The molecule has 0 aromatic heterocycles. The first-order valence-electron chi connectivity index (χ1n) is 7.58. The van der Waals surface area contributed by atoms with E-state index in [2.05, 4.69) is 10.6 Å². The maximum Gasteiger partial charge on any atom is 0.338 e. The highest BCUT2D eigenvalue weighted by Gasteiger charge is 2.19. The number of carbonyl (C=O) groups excluding carboxylic acids is 3. The van der Waals surface area contributed by atoms with Crippen LogP contribution in [0.1, 0.15) is 33.2 Å². The van der Waals surface area contributed by atoms with Gasteiger partial charge in [-0.05, 0) is 55.0 Å². The molecule has 2 aromatic rings. The number of rotatable bonds is 4. The standard InChI is InChI=1S/C18H16N2O4/c1-2-24-18(23)11-3-6-14(7-4-11)19-17(22)12-5-8-15-13(9-12)10-16(21)20-15/h3-9H,2,10H2,1H3,(H,19,22)(H,20,21). The summed E-state index contributed by atoms with van der Waals surface area (Å²) in [5, 5.41) is 5.49. The SMILES string of the molecule is CCOC(=O)c1ccc(NC(=O)c2ccc3c(c2)CC(=O)N3)cc1. The largest absolute Gasteiger partial charge is 0.462 e. The van der Waals surface area contributed by atoms with Crippen molar-refractivity contribution in [2.24, 2.45) is 0 Å². The van der Waals surface area contributed by atoms with Gasteiger partial charge in [0.25, 0.3) is 5.91 Å². The average molecular weight is 324 g/mol. The Hall–Kier alpha value is -3.15. The number of anilines is 2. The van der Waals surface area contributed by atoms with Gasteiger partial charge >= 0.3 is 5.97 Å². The Balaban J connectivity index is 1.70. The van der Waals surface area contributed by atoms with E-state index in [-0.39, 0.29) is 18.2 Å². The van der Waals surface area contributed by atoms with Gasteiger partial charge in [0, 0.05) is 16.9 Å². The average Bonchev–Trinajstić information content (AvgIpc) is 2.94. The Morgan fingerprint density at radius 1 is 1.12 bits per heavy atom. The lowest BCUT2D eigenvalue weighted by atomic mass is 10.1. The van der Waals surface area contributed by atoms with Gasteiger partial charge in [-0.1, -0.05) is 0 Å². The summed E-state index contributed by atoms with van der Waals surface area (Å²) in [5.74, 6) is -0.746. The van der Waals surface area contributed by atoms with Crippen molar-refractivity contribution in [2.75, 3.05) is 17.2 Å². The van der Waals surface area contributed by atoms with Crippen LogP contribution in [0.25, 0.3) is 0 Å². The molecule has 2 aromatic carbocycles. The predicted octanol–water partition coefficient (Wildman–Crippen LogP) is 2.61. The first-order valence-corrected chi connectivity index (χ1v) is 7.58. The van der Waals surface area contributed by atoms with Crippen LogP contribution in [0, 0.1) is 0 Å². The Labute approximate surface area is 138 Å². The summed E-state index contributed by atoms with van der Waals surface area (Å²) in [6.45, 7) is 2.05. The normalized spacial score (nSPS) is 12.3. The molecule has 0 saturated carbocycles. The zero-order chi connectivity index (χ0) is 17.1. The first kappa shape index (κ1) is 15.7. The van der Waals surface area contributed by atoms with Crippen molar-refractivity contribution >= 4 is 29.2 Å². The van der Waals surface area contributed by atoms with Crippen LogP contribution in [0.4, 0.5) is 11.4 Å². The van der Waals surface area contributed by atoms with Crippen molar-refractivity contribution < 1.29 is 19.1 Å². The molecule has 2 N–H and O–H groups in total. The zero-order valence-corrected chi connectivity index (χ0v) is 13.1. The molecule has 1 heterocycles. The fourth-order valence-corrected chi connectivity index (χ4v) is 2.48. The quantitative estimate of drug-likeness (QED) is 0.847. The second kappa shape index (κ2) is 6.54. The Morgan fingerprint density at radius 3 is 2.54 bits per heavy atom. The lowest BCUT2D eigenvalue weighted by molar-refractivity contribution is -0.115. The maximum absolute atomic E-state index is 12.3. The van der Waals surface area contributed by atoms with E-state index in [4.69, 9.17) is 4.74 Å². The van der Waals surface area contributed by atoms with Gasteiger partial charge in [-0.15, -0.1) is 0 Å². The molecule has 0 spiro atoms. The molecule has 0 radical (unpaired) electrons. The van der Waals surface area contributed by atoms with Crippen LogP contribution in [0.2, 0.25) is 0 Å². The van der Waals surface area contributed by atoms with Crippen molar-refractivity contribution in [2.45, 2.75) is 13.3 Å². The number of hydrogen-bond donors (Lipinski definition) is 2. The Bertz CT molecular complexity index is 812. The second-order valence-electron chi connectivity index (χ2n) is 5.35. The van der Waals surface area contributed by atoms with Crippen molar-refractivity contribution in [1.29, 1.82) is 0 Å². The van der Waals surface area contributed by atoms with Crippen LogP contribution < -0.4 is 10.6 Å². The lowest BCUT2D eigenvalue weighted by Gasteiger charge is -2.08. The van der Waals surface area contributed by atoms with E-state index >= 15 is 0 Å². The molecule has 2 amide bonds. The highest BCUT2D eigenvalue weighted by molar-refractivity contribution is 6.06. The van der Waals surface area contributed by atoms with Crippen molar-refractivity contribution in [3.8, 4) is 0 Å². The molecule has 6 heteroatoms. The summed E-state index contributed by atoms with van der Waals surface area (Å²) in [7, 11) is 0. The Kier molecular flexibility index (Phi) is 4.29. The number of ether oxygens (including phenoxy) is 1. The number of esters is 1. The minimum Gasteiger partial charge on any atom is -0.462 e. The number of fused-ring (bicyclic) bond motifs is 1. The van der Waals surface area contributed by atoms with Crippen molar-refractivity contribution in [3.63, 3.8) is 0 Å². The number of amides is 2. The van der Waals surface area contributed by atoms with Gasteiger partial charge in [-0.25, -0.2) is 4.79 Å². The molecule has 0 saturated heterocycles. The molecule has 0 unspecified atom stereocenters. The molecule has 24 heavy (non-hydrogen) atoms. The lowest BCUT2D eigenvalue weighted by Crippen LogP contribution is -2.12. The second-order valence-corrected chi connectivity index (χ2v) is 5.35. The van der Waals surface area contributed by atoms with Gasteiger partial charge < -0.3 is 15.4 Å². The third-order valence-corrected chi connectivity index (χ3v) is 3.65. The van der Waals surface area contributed by atoms with Gasteiger partial charge in [0.2, 0.25) is 5.91 Å². The van der Waals surface area contributed by atoms with E-state index < -0.39 is 5.97 Å². The molecule has 122 valence electrons. The topological polar surface area (TPSA) is 84.5 Å². The van der Waals surface area contributed by atoms with Gasteiger partial charge in [0.1, 0.15) is 0 Å². The van der Waals surface area contributed by atoms with Crippen LogP contribution in [0.3, 0.4) is 0 Å². The summed E-state index contributed by atoms with van der Waals surface area (Å²) in [5.41, 5.74) is 3.03. The molecule has 0 bridgehead atoms. The summed E-state index contributed by atoms with van der Waals surface area (Å²) in [6.07, 6.45) is 0.282. The van der Waals surface area contributed by atoms with Crippen LogP contribution >= 0.6 is 0 Å². The molecule has 6 nitrogen and oxygen atoms in total. The molecular weight excluding hydrogens is 308 g/mol. The van der Waals surface area contributed by atoms with Crippen LogP contribution in [0.5, 0.6) is 0 Å². The molecular formula is C18H16N2O4. The maximum atomic E-state index is 12.3. The highest BCUT2D eigenvalue weighted by Crippen LogP contribution is 2.24. The van der Waals surface area contributed by atoms with Crippen LogP contribution in [-0.4, -0.2) is 24.4 Å². The number of nitrogens with one attached hydrogen (secondary N) is 2. The fourth-order valence-electron chi connectivity index (χ4n) is 2.48. The predicted molar refractivity (Wildman–Crippen MR) is 89.1 cm³/mol. The minimum absolute atomic E-state index is 0.0721. The molecule has 3 rings (SSSR count). The summed E-state index contributed by atoms with van der Waals surface area (Å²) in [6, 6.07) is 11.6. The van der Waals surface area contributed by atoms with E-state index in [1.807, 2.05) is 0 Å². The molecule has 1 aliphatic heterocycles. The molecule has 0 atom stereocenters. The van der Waals surface area contributed by atoms with Gasteiger partial charge in [0.15, 0.2) is 0 Å². The van der Waals surface area contributed by atoms with Crippen molar-refractivity contribution in [1.82, 2.24) is 0 Å². The van der Waals surface area contributed by atoms with E-state index in [0.717, 1.165) is 11.3 Å². The van der Waals surface area contributed by atoms with Crippen LogP contribution in [-0.2, 0) is 16.0 Å². The smallest absolute Gasteiger partial charge is 0.338 e. The number of benzene rings is 2. The van der Waals surface area contributed by atoms with E-state index in [1.165, 1.54) is 0 Å². The molecule has 0 fully saturated rings. The summed E-state index contributed by atoms with van der Waals surface area (Å²) < 4.78 is 4.91. The van der Waals surface area contributed by atoms with E-state index in [1.54, 1.807) is 49.4 Å². The van der Waals surface area contributed by atoms with E-state index in [9.17, 15) is 14.4 Å². The third-order valence-electron chi connectivity index (χ3n) is 3.65. The first-order chi connectivity index (χ1) is 11.6. The summed E-state index contributed by atoms with van der Waals surface area (Å²) >= 11 is 0. The van der Waals surface area contributed by atoms with Gasteiger partial charge in [0.05, 0.1) is 18.6 Å². The number of carbonyl (C=O) groups is 3. The zero-order valence-electron chi connectivity index (χ0n) is 13.1. The van der Waals surface area contributed by atoms with Crippen molar-refractivity contribution in [3.05, 3.63) is 59.2 Å². The van der Waals surface area contributed by atoms with E-state index in [0.29, 0.717) is 23.4 Å². The third kappa shape index (κ3) is 3.27.